The topological polar surface area (TPSA) is 85.2 Å². The molecule has 0 fully saturated rings. The van der Waals surface area contributed by atoms with Crippen LogP contribution in [0.25, 0.3) is 11.0 Å². The molecule has 1 heterocycles. The first-order valence-electron chi connectivity index (χ1n) is 8.75. The number of imidazole rings is 1. The summed E-state index contributed by atoms with van der Waals surface area (Å²) in [6.45, 7) is 2.16. The third kappa shape index (κ3) is 4.44. The average molecular weight is 366 g/mol. The second-order valence-corrected chi connectivity index (χ2v) is 6.01. The predicted molar refractivity (Wildman–Crippen MR) is 103 cm³/mol. The fraction of sp³-hybridized carbons (Fsp3) is 0.250. The molecule has 2 N–H and O–H groups in total. The lowest BCUT2D eigenvalue weighted by Gasteiger charge is -2.11. The molecule has 2 amide bonds. The molecule has 0 spiro atoms. The Morgan fingerprint density at radius 3 is 2.70 bits per heavy atom. The van der Waals surface area contributed by atoms with E-state index in [2.05, 4.69) is 15.6 Å². The van der Waals surface area contributed by atoms with Gasteiger partial charge in [0, 0.05) is 18.2 Å². The van der Waals surface area contributed by atoms with E-state index in [1.165, 1.54) is 0 Å². The van der Waals surface area contributed by atoms with Crippen LogP contribution in [-0.4, -0.2) is 28.5 Å². The van der Waals surface area contributed by atoms with Crippen LogP contribution in [-0.2, 0) is 22.7 Å². The molecule has 0 radical (unpaired) electrons. The van der Waals surface area contributed by atoms with E-state index < -0.39 is 0 Å². The van der Waals surface area contributed by atoms with Crippen molar-refractivity contribution in [1.82, 2.24) is 14.9 Å². The summed E-state index contributed by atoms with van der Waals surface area (Å²) in [7, 11) is 1.58. The van der Waals surface area contributed by atoms with E-state index in [1.54, 1.807) is 26.2 Å². The van der Waals surface area contributed by atoms with Gasteiger partial charge in [-0.3, -0.25) is 9.59 Å². The maximum absolute atomic E-state index is 12.6. The van der Waals surface area contributed by atoms with Gasteiger partial charge in [0.25, 0.3) is 0 Å². The molecule has 0 saturated heterocycles. The van der Waals surface area contributed by atoms with E-state index in [1.807, 2.05) is 41.0 Å². The van der Waals surface area contributed by atoms with Crippen molar-refractivity contribution in [2.45, 2.75) is 26.4 Å². The number of carbonyl (C=O) groups excluding carboxylic acids is 2. The molecule has 0 aliphatic rings. The van der Waals surface area contributed by atoms with E-state index in [9.17, 15) is 9.59 Å². The van der Waals surface area contributed by atoms with Crippen LogP contribution in [0.1, 0.15) is 19.2 Å². The smallest absolute Gasteiger partial charge is 0.244 e. The Hall–Kier alpha value is -3.35. The highest BCUT2D eigenvalue weighted by Crippen LogP contribution is 2.18. The molecule has 0 atom stereocenters. The van der Waals surface area contributed by atoms with E-state index in [0.717, 1.165) is 11.0 Å². The molecule has 7 heteroatoms. The van der Waals surface area contributed by atoms with E-state index in [-0.39, 0.29) is 24.9 Å². The number of methoxy groups -OCH3 is 1. The van der Waals surface area contributed by atoms with Crippen molar-refractivity contribution in [3.8, 4) is 5.75 Å². The normalized spacial score (nSPS) is 10.6. The van der Waals surface area contributed by atoms with Crippen LogP contribution in [0.15, 0.2) is 48.5 Å². The highest BCUT2D eigenvalue weighted by Gasteiger charge is 2.14. The summed E-state index contributed by atoms with van der Waals surface area (Å²) in [6.07, 6.45) is 0.399. The molecule has 0 aliphatic carbocycles. The van der Waals surface area contributed by atoms with Gasteiger partial charge < -0.3 is 19.9 Å². The first-order chi connectivity index (χ1) is 13.1. The number of fused-ring (bicyclic) bond motifs is 1. The molecular formula is C20H22N4O3. The van der Waals surface area contributed by atoms with Gasteiger partial charge in [-0.15, -0.1) is 0 Å². The van der Waals surface area contributed by atoms with Gasteiger partial charge in [0.05, 0.1) is 24.7 Å². The van der Waals surface area contributed by atoms with Crippen molar-refractivity contribution in [1.29, 1.82) is 0 Å². The number of hydrogen-bond donors (Lipinski definition) is 2. The molecule has 0 unspecified atom stereocenters. The first-order valence-corrected chi connectivity index (χ1v) is 8.75. The van der Waals surface area contributed by atoms with Gasteiger partial charge in [0.15, 0.2) is 0 Å². The quantitative estimate of drug-likeness (QED) is 0.673. The molecule has 0 saturated carbocycles. The summed E-state index contributed by atoms with van der Waals surface area (Å²) in [5.74, 6) is 1.06. The Morgan fingerprint density at radius 1 is 1.11 bits per heavy atom. The molecule has 27 heavy (non-hydrogen) atoms. The van der Waals surface area contributed by atoms with Crippen LogP contribution in [0.2, 0.25) is 0 Å². The monoisotopic (exact) mass is 366 g/mol. The molecular weight excluding hydrogens is 344 g/mol. The highest BCUT2D eigenvalue weighted by atomic mass is 16.5. The Balaban J connectivity index is 1.81. The number of anilines is 1. The lowest BCUT2D eigenvalue weighted by atomic mass is 10.3. The van der Waals surface area contributed by atoms with E-state index in [4.69, 9.17) is 4.74 Å². The molecule has 7 nitrogen and oxygen atoms in total. The molecule has 3 aromatic rings. The second-order valence-electron chi connectivity index (χ2n) is 6.01. The van der Waals surface area contributed by atoms with Crippen LogP contribution in [0.3, 0.4) is 0 Å². The Bertz CT molecular complexity index is 965. The number of aromatic nitrogens is 2. The van der Waals surface area contributed by atoms with Crippen molar-refractivity contribution < 1.29 is 14.3 Å². The number of hydrogen-bond acceptors (Lipinski definition) is 4. The van der Waals surface area contributed by atoms with Crippen molar-refractivity contribution in [2.24, 2.45) is 0 Å². The lowest BCUT2D eigenvalue weighted by Crippen LogP contribution is -2.26. The number of carbonyl (C=O) groups is 2. The van der Waals surface area contributed by atoms with Crippen LogP contribution in [0.4, 0.5) is 5.69 Å². The molecule has 1 aromatic heterocycles. The zero-order valence-electron chi connectivity index (χ0n) is 15.4. The minimum Gasteiger partial charge on any atom is -0.497 e. The van der Waals surface area contributed by atoms with Gasteiger partial charge in [0.1, 0.15) is 18.1 Å². The molecule has 140 valence electrons. The molecule has 0 bridgehead atoms. The number of amides is 2. The van der Waals surface area contributed by atoms with E-state index >= 15 is 0 Å². The SMILES string of the molecule is CCC(=O)NCc1nc2ccccc2n1CC(=O)Nc1cccc(OC)c1. The lowest BCUT2D eigenvalue weighted by molar-refractivity contribution is -0.121. The fourth-order valence-corrected chi connectivity index (χ4v) is 2.78. The van der Waals surface area contributed by atoms with Gasteiger partial charge >= 0.3 is 0 Å². The number of ether oxygens (including phenoxy) is 1. The Labute approximate surface area is 157 Å². The van der Waals surface area contributed by atoms with Crippen LogP contribution >= 0.6 is 0 Å². The summed E-state index contributed by atoms with van der Waals surface area (Å²) < 4.78 is 7.00. The highest BCUT2D eigenvalue weighted by molar-refractivity contribution is 5.92. The van der Waals surface area contributed by atoms with Crippen molar-refractivity contribution in [2.75, 3.05) is 12.4 Å². The second kappa shape index (κ2) is 8.35. The van der Waals surface area contributed by atoms with Crippen LogP contribution < -0.4 is 15.4 Å². The van der Waals surface area contributed by atoms with Gasteiger partial charge in [-0.25, -0.2) is 4.98 Å². The minimum atomic E-state index is -0.186. The zero-order chi connectivity index (χ0) is 19.2. The number of nitrogens with one attached hydrogen (secondary N) is 2. The summed E-state index contributed by atoms with van der Waals surface area (Å²) in [4.78, 5) is 28.7. The number of benzene rings is 2. The maximum atomic E-state index is 12.6. The standard InChI is InChI=1S/C20H22N4O3/c1-3-19(25)21-12-18-23-16-9-4-5-10-17(16)24(18)13-20(26)22-14-7-6-8-15(11-14)27-2/h4-11H,3,12-13H2,1-2H3,(H,21,25)(H,22,26). The molecule has 3 rings (SSSR count). The summed E-state index contributed by atoms with van der Waals surface area (Å²) in [6, 6.07) is 14.8. The van der Waals surface area contributed by atoms with Crippen molar-refractivity contribution >= 4 is 28.5 Å². The van der Waals surface area contributed by atoms with Crippen LogP contribution in [0.5, 0.6) is 5.75 Å². The Morgan fingerprint density at radius 2 is 1.93 bits per heavy atom. The van der Waals surface area contributed by atoms with Crippen molar-refractivity contribution in [3.05, 3.63) is 54.4 Å². The van der Waals surface area contributed by atoms with Gasteiger partial charge in [-0.05, 0) is 24.3 Å². The van der Waals surface area contributed by atoms with Crippen molar-refractivity contribution in [3.63, 3.8) is 0 Å². The molecule has 0 aliphatic heterocycles. The summed E-state index contributed by atoms with van der Waals surface area (Å²) in [5, 5.41) is 5.69. The largest absolute Gasteiger partial charge is 0.497 e. The summed E-state index contributed by atoms with van der Waals surface area (Å²) >= 11 is 0. The number of para-hydroxylation sites is 2. The first kappa shape index (κ1) is 18.4. The number of nitrogens with zero attached hydrogens (tertiary/aromatic N) is 2. The maximum Gasteiger partial charge on any atom is 0.244 e. The van der Waals surface area contributed by atoms with Gasteiger partial charge in [-0.1, -0.05) is 25.1 Å². The average Bonchev–Trinajstić information content (AvgIpc) is 3.03. The molecule has 2 aromatic carbocycles. The minimum absolute atomic E-state index is 0.0607. The fourth-order valence-electron chi connectivity index (χ4n) is 2.78. The zero-order valence-corrected chi connectivity index (χ0v) is 15.4. The summed E-state index contributed by atoms with van der Waals surface area (Å²) in [5.41, 5.74) is 2.29. The Kier molecular flexibility index (Phi) is 5.71. The van der Waals surface area contributed by atoms with Gasteiger partial charge in [-0.2, -0.15) is 0 Å². The van der Waals surface area contributed by atoms with Gasteiger partial charge in [0.2, 0.25) is 11.8 Å². The van der Waals surface area contributed by atoms with E-state index in [0.29, 0.717) is 23.7 Å². The third-order valence-electron chi connectivity index (χ3n) is 4.15. The third-order valence-corrected chi connectivity index (χ3v) is 4.15. The van der Waals surface area contributed by atoms with Crippen LogP contribution in [0, 0.1) is 0 Å². The number of rotatable bonds is 7. The predicted octanol–water partition coefficient (Wildman–Crippen LogP) is 2.71.